The lowest BCUT2D eigenvalue weighted by Gasteiger charge is -2.40. The topological polar surface area (TPSA) is 84.2 Å². The molecule has 1 aliphatic heterocycles. The van der Waals surface area contributed by atoms with E-state index in [2.05, 4.69) is 4.98 Å². The molecule has 2 aromatic rings. The number of rotatable bonds is 8. The number of nitriles is 1. The normalized spacial score (nSPS) is 18.4. The van der Waals surface area contributed by atoms with Crippen molar-refractivity contribution in [2.45, 2.75) is 43.6 Å². The Balaban J connectivity index is 1.88. The van der Waals surface area contributed by atoms with Crippen molar-refractivity contribution in [1.29, 1.82) is 5.26 Å². The molecule has 1 aliphatic rings. The van der Waals surface area contributed by atoms with Crippen LogP contribution in [0.1, 0.15) is 36.8 Å². The fraction of sp³-hybridized carbons (Fsp3) is 0.375. The van der Waals surface area contributed by atoms with Crippen LogP contribution in [0.25, 0.3) is 5.57 Å². The highest BCUT2D eigenvalue weighted by Crippen LogP contribution is 2.48. The number of methoxy groups -OCH3 is 1. The van der Waals surface area contributed by atoms with Crippen molar-refractivity contribution in [3.8, 4) is 17.7 Å². The van der Waals surface area contributed by atoms with Crippen LogP contribution in [0.4, 0.5) is 26.3 Å². The third-order valence-electron chi connectivity index (χ3n) is 5.66. The van der Waals surface area contributed by atoms with Crippen LogP contribution in [-0.4, -0.2) is 37.0 Å². The van der Waals surface area contributed by atoms with E-state index in [0.29, 0.717) is 0 Å². The Hall–Kier alpha value is -3.75. The van der Waals surface area contributed by atoms with Gasteiger partial charge in [0.1, 0.15) is 17.4 Å². The number of amides is 1. The molecule has 12 heteroatoms. The van der Waals surface area contributed by atoms with Gasteiger partial charge >= 0.3 is 12.4 Å². The minimum absolute atomic E-state index is 0.0422. The standard InChI is InChI=1S/C24H21F6N3O3/c1-35-20-9-4-15(14-32-20)18-12-22(24(28,29)30,33-21(34)19(18)13-31)16-5-7-17(8-6-16)36-11-3-2-10-23(25,26)27/h4-9,14H,2-3,10-12H2,1H3,(H,33,34). The summed E-state index contributed by atoms with van der Waals surface area (Å²) in [6, 6.07) is 9.23. The SMILES string of the molecule is COc1ccc(C2=C(C#N)C(=O)NC(c3ccc(OCCCCC(F)(F)F)cc3)(C(F)(F)F)C2)cn1. The Kier molecular flexibility index (Phi) is 7.81. The second-order valence-electron chi connectivity index (χ2n) is 8.03. The fourth-order valence-corrected chi connectivity index (χ4v) is 3.80. The zero-order valence-electron chi connectivity index (χ0n) is 19.0. The maximum atomic E-state index is 14.5. The zero-order valence-corrected chi connectivity index (χ0v) is 19.0. The van der Waals surface area contributed by atoms with Crippen LogP contribution in [0, 0.1) is 11.3 Å². The van der Waals surface area contributed by atoms with Gasteiger partial charge in [-0.3, -0.25) is 4.79 Å². The van der Waals surface area contributed by atoms with Gasteiger partial charge < -0.3 is 14.8 Å². The maximum absolute atomic E-state index is 14.5. The highest BCUT2D eigenvalue weighted by molar-refractivity contribution is 6.07. The van der Waals surface area contributed by atoms with Gasteiger partial charge in [-0.15, -0.1) is 0 Å². The number of alkyl halides is 6. The van der Waals surface area contributed by atoms with Crippen LogP contribution >= 0.6 is 0 Å². The number of halogens is 6. The van der Waals surface area contributed by atoms with E-state index in [0.717, 1.165) is 12.1 Å². The minimum Gasteiger partial charge on any atom is -0.494 e. The van der Waals surface area contributed by atoms with Gasteiger partial charge in [0.2, 0.25) is 5.88 Å². The van der Waals surface area contributed by atoms with Crippen molar-refractivity contribution < 1.29 is 40.6 Å². The Morgan fingerprint density at radius 1 is 1.08 bits per heavy atom. The van der Waals surface area contributed by atoms with Gasteiger partial charge in [0.15, 0.2) is 5.54 Å². The highest BCUT2D eigenvalue weighted by Gasteiger charge is 2.59. The second-order valence-corrected chi connectivity index (χ2v) is 8.03. The summed E-state index contributed by atoms with van der Waals surface area (Å²) in [5, 5.41) is 11.4. The first-order valence-corrected chi connectivity index (χ1v) is 10.7. The molecule has 6 nitrogen and oxygen atoms in total. The molecular formula is C24H21F6N3O3. The first-order valence-electron chi connectivity index (χ1n) is 10.7. The molecule has 1 aromatic carbocycles. The summed E-state index contributed by atoms with van der Waals surface area (Å²) < 4.78 is 90.4. The number of nitrogens with one attached hydrogen (secondary N) is 1. The average Bonchev–Trinajstić information content (AvgIpc) is 2.82. The number of hydrogen-bond donors (Lipinski definition) is 1. The summed E-state index contributed by atoms with van der Waals surface area (Å²) in [6.07, 6.45) is -9.73. The van der Waals surface area contributed by atoms with Crippen molar-refractivity contribution in [2.75, 3.05) is 13.7 Å². The molecule has 1 unspecified atom stereocenters. The number of pyridine rings is 1. The molecule has 0 spiro atoms. The molecular weight excluding hydrogens is 492 g/mol. The van der Waals surface area contributed by atoms with Crippen LogP contribution in [0.15, 0.2) is 48.2 Å². The van der Waals surface area contributed by atoms with Gasteiger partial charge in [0, 0.05) is 25.1 Å². The van der Waals surface area contributed by atoms with Crippen LogP contribution in [0.5, 0.6) is 11.6 Å². The zero-order chi connectivity index (χ0) is 26.6. The average molecular weight is 513 g/mol. The van der Waals surface area contributed by atoms with Crippen molar-refractivity contribution in [3.63, 3.8) is 0 Å². The first-order chi connectivity index (χ1) is 16.9. The Morgan fingerprint density at radius 2 is 1.78 bits per heavy atom. The highest BCUT2D eigenvalue weighted by atomic mass is 19.4. The summed E-state index contributed by atoms with van der Waals surface area (Å²) >= 11 is 0. The second kappa shape index (κ2) is 10.5. The van der Waals surface area contributed by atoms with Crippen molar-refractivity contribution in [1.82, 2.24) is 10.3 Å². The summed E-state index contributed by atoms with van der Waals surface area (Å²) in [7, 11) is 1.36. The number of aromatic nitrogens is 1. The van der Waals surface area contributed by atoms with Gasteiger partial charge in [0.05, 0.1) is 13.7 Å². The number of ether oxygens (including phenoxy) is 2. The quantitative estimate of drug-likeness (QED) is 0.375. The molecule has 36 heavy (non-hydrogen) atoms. The molecule has 0 bridgehead atoms. The minimum atomic E-state index is -4.95. The van der Waals surface area contributed by atoms with Crippen LogP contribution in [0.3, 0.4) is 0 Å². The van der Waals surface area contributed by atoms with E-state index in [1.54, 1.807) is 6.07 Å². The lowest BCUT2D eigenvalue weighted by atomic mass is 9.77. The summed E-state index contributed by atoms with van der Waals surface area (Å²) in [5.74, 6) is -0.816. The Bertz CT molecular complexity index is 1150. The number of hydrogen-bond acceptors (Lipinski definition) is 5. The van der Waals surface area contributed by atoms with E-state index in [-0.39, 0.29) is 47.8 Å². The number of benzene rings is 1. The van der Waals surface area contributed by atoms with Gasteiger partial charge in [-0.05, 0) is 47.7 Å². The molecule has 1 amide bonds. The Labute approximate surface area is 202 Å². The molecule has 0 radical (unpaired) electrons. The molecule has 0 fully saturated rings. The predicted molar refractivity (Wildman–Crippen MR) is 116 cm³/mol. The van der Waals surface area contributed by atoms with E-state index in [1.165, 1.54) is 37.6 Å². The monoisotopic (exact) mass is 513 g/mol. The first kappa shape index (κ1) is 26.8. The molecule has 0 saturated carbocycles. The molecule has 3 rings (SSSR count). The van der Waals surface area contributed by atoms with E-state index in [9.17, 15) is 36.4 Å². The Morgan fingerprint density at radius 3 is 2.31 bits per heavy atom. The van der Waals surface area contributed by atoms with E-state index < -0.39 is 42.2 Å². The van der Waals surface area contributed by atoms with Gasteiger partial charge in [-0.1, -0.05) is 12.1 Å². The lowest BCUT2D eigenvalue weighted by molar-refractivity contribution is -0.201. The van der Waals surface area contributed by atoms with E-state index >= 15 is 0 Å². The molecule has 1 atom stereocenters. The van der Waals surface area contributed by atoms with Crippen molar-refractivity contribution in [3.05, 3.63) is 59.3 Å². The van der Waals surface area contributed by atoms with E-state index in [1.807, 2.05) is 5.32 Å². The molecule has 192 valence electrons. The van der Waals surface area contributed by atoms with Crippen molar-refractivity contribution in [2.24, 2.45) is 0 Å². The number of unbranched alkanes of at least 4 members (excludes halogenated alkanes) is 1. The number of nitrogens with zero attached hydrogens (tertiary/aromatic N) is 2. The summed E-state index contributed by atoms with van der Waals surface area (Å²) in [4.78, 5) is 16.6. The predicted octanol–water partition coefficient (Wildman–Crippen LogP) is 5.46. The maximum Gasteiger partial charge on any atom is 0.416 e. The van der Waals surface area contributed by atoms with Gasteiger partial charge in [0.25, 0.3) is 5.91 Å². The summed E-state index contributed by atoms with van der Waals surface area (Å²) in [5.41, 5.74) is -3.57. The smallest absolute Gasteiger partial charge is 0.416 e. The van der Waals surface area contributed by atoms with Gasteiger partial charge in [-0.25, -0.2) is 4.98 Å². The third kappa shape index (κ3) is 5.90. The van der Waals surface area contributed by atoms with Crippen LogP contribution in [0.2, 0.25) is 0 Å². The fourth-order valence-electron chi connectivity index (χ4n) is 3.80. The lowest BCUT2D eigenvalue weighted by Crippen LogP contribution is -2.58. The van der Waals surface area contributed by atoms with Gasteiger partial charge in [-0.2, -0.15) is 31.6 Å². The van der Waals surface area contributed by atoms with E-state index in [4.69, 9.17) is 9.47 Å². The largest absolute Gasteiger partial charge is 0.494 e. The third-order valence-corrected chi connectivity index (χ3v) is 5.66. The van der Waals surface area contributed by atoms with Crippen LogP contribution in [-0.2, 0) is 10.3 Å². The molecule has 0 saturated heterocycles. The molecule has 0 aliphatic carbocycles. The van der Waals surface area contributed by atoms with Crippen LogP contribution < -0.4 is 14.8 Å². The molecule has 2 heterocycles. The number of carbonyl (C=O) groups is 1. The number of carbonyl (C=O) groups excluding carboxylic acids is 1. The molecule has 1 aromatic heterocycles. The van der Waals surface area contributed by atoms with Crippen molar-refractivity contribution >= 4 is 11.5 Å². The molecule has 1 N–H and O–H groups in total. The summed E-state index contributed by atoms with van der Waals surface area (Å²) in [6.45, 7) is -0.0422.